The van der Waals surface area contributed by atoms with E-state index in [1.165, 1.54) is 47.4 Å². The molecule has 138 valence electrons. The van der Waals surface area contributed by atoms with Gasteiger partial charge in [0.1, 0.15) is 11.6 Å². The van der Waals surface area contributed by atoms with Gasteiger partial charge < -0.3 is 4.90 Å². The Balaban J connectivity index is 1.75. The van der Waals surface area contributed by atoms with Gasteiger partial charge in [0.05, 0.1) is 17.4 Å². The molecule has 4 nitrogen and oxygen atoms in total. The molecule has 1 aliphatic heterocycles. The average molecular weight is 379 g/mol. The lowest BCUT2D eigenvalue weighted by Gasteiger charge is -2.20. The van der Waals surface area contributed by atoms with Crippen LogP contribution in [0.25, 0.3) is 0 Å². The second kappa shape index (κ2) is 7.53. The molecule has 2 aromatic rings. The van der Waals surface area contributed by atoms with Crippen LogP contribution in [0.3, 0.4) is 0 Å². The monoisotopic (exact) mass is 379 g/mol. The number of nitrogens with zero attached hydrogens (tertiary/aromatic N) is 1. The summed E-state index contributed by atoms with van der Waals surface area (Å²) in [7, 11) is -3.56. The van der Waals surface area contributed by atoms with E-state index in [4.69, 9.17) is 0 Å². The summed E-state index contributed by atoms with van der Waals surface area (Å²) in [5.74, 6) is -1.36. The number of hydrogen-bond donors (Lipinski definition) is 0. The van der Waals surface area contributed by atoms with Crippen LogP contribution in [0, 0.1) is 11.6 Å². The van der Waals surface area contributed by atoms with Crippen molar-refractivity contribution in [3.63, 3.8) is 0 Å². The largest absolute Gasteiger partial charge is 0.341 e. The molecule has 0 aromatic heterocycles. The average Bonchev–Trinajstić information content (AvgIpc) is 2.76. The minimum Gasteiger partial charge on any atom is -0.341 e. The van der Waals surface area contributed by atoms with Gasteiger partial charge >= 0.3 is 0 Å². The fraction of sp³-hybridized carbons (Fsp3) is 0.316. The Bertz CT molecular complexity index is 897. The lowest BCUT2D eigenvalue weighted by Crippen LogP contribution is -2.34. The van der Waals surface area contributed by atoms with Crippen molar-refractivity contribution in [3.05, 3.63) is 71.3 Å². The van der Waals surface area contributed by atoms with Crippen LogP contribution in [0.2, 0.25) is 0 Å². The topological polar surface area (TPSA) is 54.5 Å². The molecule has 0 saturated carbocycles. The van der Waals surface area contributed by atoms with Gasteiger partial charge in [-0.25, -0.2) is 17.2 Å². The highest BCUT2D eigenvalue weighted by molar-refractivity contribution is 7.91. The smallest absolute Gasteiger partial charge is 0.227 e. The number of hydrogen-bond acceptors (Lipinski definition) is 3. The molecule has 0 aliphatic carbocycles. The molecule has 1 aliphatic rings. The standard InChI is InChI=1S/C19H19F2NO3S/c20-15-7-5-14(6-8-15)13-19(23)22-10-9-18(26(24,25)12-11-22)16-3-1-2-4-17(16)21/h1-8,18H,9-13H2. The van der Waals surface area contributed by atoms with E-state index in [1.54, 1.807) is 6.07 Å². The fourth-order valence-electron chi connectivity index (χ4n) is 3.17. The summed E-state index contributed by atoms with van der Waals surface area (Å²) in [6, 6.07) is 11.5. The summed E-state index contributed by atoms with van der Waals surface area (Å²) >= 11 is 0. The van der Waals surface area contributed by atoms with Crippen molar-refractivity contribution in [2.45, 2.75) is 18.1 Å². The number of sulfone groups is 1. The fourth-order valence-corrected chi connectivity index (χ4v) is 4.97. The summed E-state index contributed by atoms with van der Waals surface area (Å²) in [5.41, 5.74) is 0.814. The number of rotatable bonds is 3. The predicted octanol–water partition coefficient (Wildman–Crippen LogP) is 2.90. The van der Waals surface area contributed by atoms with Crippen LogP contribution in [0.1, 0.15) is 22.8 Å². The first-order valence-corrected chi connectivity index (χ1v) is 10.1. The lowest BCUT2D eigenvalue weighted by molar-refractivity contribution is -0.130. The van der Waals surface area contributed by atoms with Crippen LogP contribution < -0.4 is 0 Å². The maximum absolute atomic E-state index is 14.1. The van der Waals surface area contributed by atoms with Crippen molar-refractivity contribution < 1.29 is 22.0 Å². The predicted molar refractivity (Wildman–Crippen MR) is 94.2 cm³/mol. The van der Waals surface area contributed by atoms with Crippen molar-refractivity contribution >= 4 is 15.7 Å². The minimum absolute atomic E-state index is 0.0741. The summed E-state index contributed by atoms with van der Waals surface area (Å²) in [4.78, 5) is 14.0. The van der Waals surface area contributed by atoms with Crippen LogP contribution in [0.4, 0.5) is 8.78 Å². The lowest BCUT2D eigenvalue weighted by atomic mass is 10.1. The molecule has 26 heavy (non-hydrogen) atoms. The van der Waals surface area contributed by atoms with E-state index in [-0.39, 0.29) is 49.0 Å². The highest BCUT2D eigenvalue weighted by Gasteiger charge is 2.34. The van der Waals surface area contributed by atoms with Gasteiger partial charge in [-0.2, -0.15) is 0 Å². The number of carbonyl (C=O) groups is 1. The van der Waals surface area contributed by atoms with Gasteiger partial charge in [0.15, 0.2) is 9.84 Å². The molecule has 1 amide bonds. The highest BCUT2D eigenvalue weighted by atomic mass is 32.2. The quantitative estimate of drug-likeness (QED) is 0.824. The molecule has 1 saturated heterocycles. The van der Waals surface area contributed by atoms with Gasteiger partial charge in [-0.05, 0) is 30.2 Å². The SMILES string of the molecule is O=C(Cc1ccc(F)cc1)N1CCC(c2ccccc2F)S(=O)(=O)CC1. The molecule has 0 spiro atoms. The maximum Gasteiger partial charge on any atom is 0.227 e. The van der Waals surface area contributed by atoms with E-state index in [9.17, 15) is 22.0 Å². The number of amides is 1. The van der Waals surface area contributed by atoms with E-state index in [0.29, 0.717) is 5.56 Å². The summed E-state index contributed by atoms with van der Waals surface area (Å²) in [6.07, 6.45) is 0.225. The van der Waals surface area contributed by atoms with Gasteiger partial charge in [-0.1, -0.05) is 30.3 Å². The van der Waals surface area contributed by atoms with Gasteiger partial charge in [0.2, 0.25) is 5.91 Å². The molecule has 1 unspecified atom stereocenters. The first-order valence-electron chi connectivity index (χ1n) is 8.35. The maximum atomic E-state index is 14.1. The van der Waals surface area contributed by atoms with Crippen molar-refractivity contribution in [1.82, 2.24) is 4.90 Å². The first kappa shape index (κ1) is 18.5. The number of carbonyl (C=O) groups excluding carboxylic acids is 1. The minimum atomic E-state index is -3.56. The van der Waals surface area contributed by atoms with Crippen molar-refractivity contribution in [2.24, 2.45) is 0 Å². The molecule has 0 radical (unpaired) electrons. The highest BCUT2D eigenvalue weighted by Crippen LogP contribution is 2.31. The molecule has 2 aromatic carbocycles. The van der Waals surface area contributed by atoms with E-state index in [1.807, 2.05) is 0 Å². The van der Waals surface area contributed by atoms with Crippen molar-refractivity contribution in [3.8, 4) is 0 Å². The van der Waals surface area contributed by atoms with Crippen LogP contribution >= 0.6 is 0 Å². The van der Waals surface area contributed by atoms with Gasteiger partial charge in [-0.3, -0.25) is 4.79 Å². The van der Waals surface area contributed by atoms with Crippen LogP contribution in [-0.4, -0.2) is 38.1 Å². The molecule has 1 heterocycles. The Morgan fingerprint density at radius 2 is 1.73 bits per heavy atom. The summed E-state index contributed by atoms with van der Waals surface area (Å²) < 4.78 is 52.2. The third-order valence-electron chi connectivity index (χ3n) is 4.61. The van der Waals surface area contributed by atoms with Crippen LogP contribution in [0.15, 0.2) is 48.5 Å². The van der Waals surface area contributed by atoms with Crippen molar-refractivity contribution in [1.29, 1.82) is 0 Å². The zero-order valence-corrected chi connectivity index (χ0v) is 14.9. The Morgan fingerprint density at radius 1 is 1.04 bits per heavy atom. The molecular weight excluding hydrogens is 360 g/mol. The third kappa shape index (κ3) is 4.09. The zero-order chi connectivity index (χ0) is 18.7. The molecule has 1 atom stereocenters. The van der Waals surface area contributed by atoms with E-state index < -0.39 is 20.9 Å². The normalized spacial score (nSPS) is 19.8. The van der Waals surface area contributed by atoms with Gasteiger partial charge in [0, 0.05) is 18.7 Å². The Kier molecular flexibility index (Phi) is 5.36. The van der Waals surface area contributed by atoms with E-state index in [2.05, 4.69) is 0 Å². The second-order valence-electron chi connectivity index (χ2n) is 6.35. The second-order valence-corrected chi connectivity index (χ2v) is 8.65. The molecule has 7 heteroatoms. The first-order chi connectivity index (χ1) is 12.4. The van der Waals surface area contributed by atoms with Gasteiger partial charge in [-0.15, -0.1) is 0 Å². The van der Waals surface area contributed by atoms with E-state index >= 15 is 0 Å². The zero-order valence-electron chi connectivity index (χ0n) is 14.1. The van der Waals surface area contributed by atoms with Crippen LogP contribution in [-0.2, 0) is 21.1 Å². The molecule has 3 rings (SSSR count). The Labute approximate surface area is 151 Å². The number of benzene rings is 2. The molecule has 1 fully saturated rings. The van der Waals surface area contributed by atoms with Gasteiger partial charge in [0.25, 0.3) is 0 Å². The number of halogens is 2. The third-order valence-corrected chi connectivity index (χ3v) is 6.72. The summed E-state index contributed by atoms with van der Waals surface area (Å²) in [5, 5.41) is -0.952. The van der Waals surface area contributed by atoms with Crippen molar-refractivity contribution in [2.75, 3.05) is 18.8 Å². The van der Waals surface area contributed by atoms with Crippen LogP contribution in [0.5, 0.6) is 0 Å². The Hall–Kier alpha value is -2.28. The molecular formula is C19H19F2NO3S. The summed E-state index contributed by atoms with van der Waals surface area (Å²) in [6.45, 7) is 0.311. The van der Waals surface area contributed by atoms with E-state index in [0.717, 1.165) is 0 Å². The molecule has 0 bridgehead atoms. The molecule has 0 N–H and O–H groups in total. The Morgan fingerprint density at radius 3 is 2.42 bits per heavy atom.